The first-order valence-corrected chi connectivity index (χ1v) is 6.18. The maximum Gasteiger partial charge on any atom is 0.226 e. The van der Waals surface area contributed by atoms with Crippen molar-refractivity contribution in [2.75, 3.05) is 6.54 Å². The Balaban J connectivity index is 2.89. The van der Waals surface area contributed by atoms with E-state index in [-0.39, 0.29) is 6.04 Å². The van der Waals surface area contributed by atoms with Gasteiger partial charge in [-0.3, -0.25) is 4.79 Å². The van der Waals surface area contributed by atoms with Gasteiger partial charge in [0, 0.05) is 12.6 Å². The Morgan fingerprint density at radius 3 is 2.65 bits per heavy atom. The lowest BCUT2D eigenvalue weighted by Crippen LogP contribution is -2.34. The van der Waals surface area contributed by atoms with Gasteiger partial charge < -0.3 is 11.1 Å². The summed E-state index contributed by atoms with van der Waals surface area (Å²) in [7, 11) is 0. The number of primary amides is 1. The van der Waals surface area contributed by atoms with Crippen molar-refractivity contribution in [3.63, 3.8) is 0 Å². The Bertz CT molecular complexity index is 409. The zero-order valence-electron chi connectivity index (χ0n) is 9.84. The molecule has 0 saturated heterocycles. The summed E-state index contributed by atoms with van der Waals surface area (Å²) in [5.74, 6) is -1.36. The van der Waals surface area contributed by atoms with Crippen LogP contribution in [0.4, 0.5) is 4.39 Å². The van der Waals surface area contributed by atoms with E-state index in [4.69, 9.17) is 5.73 Å². The van der Waals surface area contributed by atoms with Crippen LogP contribution in [0.3, 0.4) is 0 Å². The van der Waals surface area contributed by atoms with E-state index in [1.807, 2.05) is 13.8 Å². The minimum Gasteiger partial charge on any atom is -0.369 e. The molecule has 1 aromatic rings. The fraction of sp³-hybridized carbons (Fsp3) is 0.417. The molecule has 1 amide bonds. The highest BCUT2D eigenvalue weighted by Crippen LogP contribution is 2.21. The standard InChI is InChI=1S/C12H16BrFN2O/c1-7(2)16-6-9(12(15)17)8-3-4-10(13)11(14)5-8/h3-5,7,9,16H,6H2,1-2H3,(H2,15,17)/t9-/m1/s1. The van der Waals surface area contributed by atoms with Crippen LogP contribution in [0.25, 0.3) is 0 Å². The molecule has 0 aliphatic carbocycles. The molecule has 0 saturated carbocycles. The molecule has 3 nitrogen and oxygen atoms in total. The zero-order valence-corrected chi connectivity index (χ0v) is 11.4. The van der Waals surface area contributed by atoms with Crippen LogP contribution in [-0.2, 0) is 4.79 Å². The van der Waals surface area contributed by atoms with Gasteiger partial charge in [0.1, 0.15) is 5.82 Å². The molecule has 0 spiro atoms. The average Bonchev–Trinajstić information content (AvgIpc) is 2.22. The number of halogens is 2. The molecule has 3 N–H and O–H groups in total. The molecule has 0 aliphatic heterocycles. The lowest BCUT2D eigenvalue weighted by Gasteiger charge is -2.17. The molecule has 0 radical (unpaired) electrons. The van der Waals surface area contributed by atoms with Crippen molar-refractivity contribution < 1.29 is 9.18 Å². The van der Waals surface area contributed by atoms with Crippen molar-refractivity contribution in [3.8, 4) is 0 Å². The van der Waals surface area contributed by atoms with E-state index >= 15 is 0 Å². The van der Waals surface area contributed by atoms with Gasteiger partial charge in [0.05, 0.1) is 10.4 Å². The van der Waals surface area contributed by atoms with Crippen LogP contribution < -0.4 is 11.1 Å². The predicted molar refractivity (Wildman–Crippen MR) is 69.2 cm³/mol. The molecule has 94 valence electrons. The number of benzene rings is 1. The van der Waals surface area contributed by atoms with Gasteiger partial charge in [-0.15, -0.1) is 0 Å². The highest BCUT2D eigenvalue weighted by atomic mass is 79.9. The minimum absolute atomic E-state index is 0.247. The molecule has 0 heterocycles. The summed E-state index contributed by atoms with van der Waals surface area (Å²) in [6.45, 7) is 4.36. The molecular weight excluding hydrogens is 287 g/mol. The third kappa shape index (κ3) is 4.09. The van der Waals surface area contributed by atoms with Gasteiger partial charge in [0.2, 0.25) is 5.91 Å². The SMILES string of the molecule is CC(C)NC[C@@H](C(N)=O)c1ccc(Br)c(F)c1. The van der Waals surface area contributed by atoms with E-state index < -0.39 is 17.6 Å². The van der Waals surface area contributed by atoms with Crippen molar-refractivity contribution >= 4 is 21.8 Å². The van der Waals surface area contributed by atoms with E-state index in [0.717, 1.165) is 0 Å². The van der Waals surface area contributed by atoms with Crippen molar-refractivity contribution in [1.29, 1.82) is 0 Å². The molecule has 1 atom stereocenters. The highest BCUT2D eigenvalue weighted by molar-refractivity contribution is 9.10. The van der Waals surface area contributed by atoms with Gasteiger partial charge >= 0.3 is 0 Å². The first-order valence-electron chi connectivity index (χ1n) is 5.39. The van der Waals surface area contributed by atoms with Gasteiger partial charge in [0.25, 0.3) is 0 Å². The van der Waals surface area contributed by atoms with E-state index in [1.54, 1.807) is 12.1 Å². The maximum absolute atomic E-state index is 13.4. The summed E-state index contributed by atoms with van der Waals surface area (Å²) >= 11 is 3.07. The van der Waals surface area contributed by atoms with Crippen LogP contribution in [-0.4, -0.2) is 18.5 Å². The first kappa shape index (κ1) is 14.1. The van der Waals surface area contributed by atoms with Gasteiger partial charge in [-0.2, -0.15) is 0 Å². The monoisotopic (exact) mass is 302 g/mol. The summed E-state index contributed by atoms with van der Waals surface area (Å²) in [5, 5.41) is 3.12. The second kappa shape index (κ2) is 6.12. The van der Waals surface area contributed by atoms with E-state index in [0.29, 0.717) is 16.6 Å². The molecule has 0 bridgehead atoms. The van der Waals surface area contributed by atoms with Crippen molar-refractivity contribution in [2.45, 2.75) is 25.8 Å². The second-order valence-electron chi connectivity index (χ2n) is 4.19. The quantitative estimate of drug-likeness (QED) is 0.876. The number of rotatable bonds is 5. The van der Waals surface area contributed by atoms with Crippen LogP contribution in [0, 0.1) is 5.82 Å². The molecule has 1 rings (SSSR count). The van der Waals surface area contributed by atoms with E-state index in [2.05, 4.69) is 21.2 Å². The topological polar surface area (TPSA) is 55.1 Å². The van der Waals surface area contributed by atoms with Crippen LogP contribution in [0.2, 0.25) is 0 Å². The number of hydrogen-bond donors (Lipinski definition) is 2. The lowest BCUT2D eigenvalue weighted by atomic mass is 9.98. The number of carbonyl (C=O) groups excluding carboxylic acids is 1. The molecular formula is C12H16BrFN2O. The molecule has 0 aromatic heterocycles. The van der Waals surface area contributed by atoms with Gasteiger partial charge in [-0.1, -0.05) is 19.9 Å². The smallest absolute Gasteiger partial charge is 0.226 e. The summed E-state index contributed by atoms with van der Waals surface area (Å²) in [4.78, 5) is 11.4. The number of hydrogen-bond acceptors (Lipinski definition) is 2. The summed E-state index contributed by atoms with van der Waals surface area (Å²) in [6, 6.07) is 4.86. The predicted octanol–water partition coefficient (Wildman–Crippen LogP) is 2.16. The normalized spacial score (nSPS) is 12.8. The Morgan fingerprint density at radius 2 is 2.18 bits per heavy atom. The Labute approximate surface area is 109 Å². The minimum atomic E-state index is -0.514. The van der Waals surface area contributed by atoms with Crippen LogP contribution in [0.1, 0.15) is 25.3 Å². The van der Waals surface area contributed by atoms with Crippen LogP contribution in [0.15, 0.2) is 22.7 Å². The van der Waals surface area contributed by atoms with Crippen LogP contribution >= 0.6 is 15.9 Å². The zero-order chi connectivity index (χ0) is 13.0. The Kier molecular flexibility index (Phi) is 5.08. The molecule has 5 heteroatoms. The summed E-state index contributed by atoms with van der Waals surface area (Å²) < 4.78 is 13.8. The Morgan fingerprint density at radius 1 is 1.53 bits per heavy atom. The number of carbonyl (C=O) groups is 1. The second-order valence-corrected chi connectivity index (χ2v) is 5.05. The van der Waals surface area contributed by atoms with Crippen LogP contribution in [0.5, 0.6) is 0 Å². The van der Waals surface area contributed by atoms with Crippen molar-refractivity contribution in [1.82, 2.24) is 5.32 Å². The van der Waals surface area contributed by atoms with Crippen molar-refractivity contribution in [3.05, 3.63) is 34.1 Å². The first-order chi connectivity index (χ1) is 7.91. The highest BCUT2D eigenvalue weighted by Gasteiger charge is 2.19. The maximum atomic E-state index is 13.4. The van der Waals surface area contributed by atoms with Gasteiger partial charge in [-0.05, 0) is 33.6 Å². The molecule has 0 aliphatic rings. The molecule has 0 fully saturated rings. The summed E-state index contributed by atoms with van der Waals surface area (Å²) in [5.41, 5.74) is 5.92. The fourth-order valence-corrected chi connectivity index (χ4v) is 1.71. The number of amides is 1. The Hall–Kier alpha value is -0.940. The average molecular weight is 303 g/mol. The largest absolute Gasteiger partial charge is 0.369 e. The lowest BCUT2D eigenvalue weighted by molar-refractivity contribution is -0.119. The van der Waals surface area contributed by atoms with Gasteiger partial charge in [0.15, 0.2) is 0 Å². The summed E-state index contributed by atoms with van der Waals surface area (Å²) in [6.07, 6.45) is 0. The van der Waals surface area contributed by atoms with Crippen molar-refractivity contribution in [2.24, 2.45) is 5.73 Å². The number of nitrogens with two attached hydrogens (primary N) is 1. The van der Waals surface area contributed by atoms with Gasteiger partial charge in [-0.25, -0.2) is 4.39 Å². The molecule has 17 heavy (non-hydrogen) atoms. The van der Waals surface area contributed by atoms with E-state index in [9.17, 15) is 9.18 Å². The third-order valence-corrected chi connectivity index (χ3v) is 3.06. The number of nitrogens with one attached hydrogen (secondary N) is 1. The molecule has 1 aromatic carbocycles. The molecule has 0 unspecified atom stereocenters. The third-order valence-electron chi connectivity index (χ3n) is 2.42. The fourth-order valence-electron chi connectivity index (χ4n) is 1.47. The van der Waals surface area contributed by atoms with E-state index in [1.165, 1.54) is 6.07 Å².